The van der Waals surface area contributed by atoms with Crippen molar-refractivity contribution in [2.24, 2.45) is 0 Å². The molecule has 0 aliphatic rings. The fraction of sp³-hybridized carbons (Fsp3) is 0.133. The van der Waals surface area contributed by atoms with Crippen LogP contribution in [0.4, 0.5) is 11.5 Å². The maximum absolute atomic E-state index is 6.04. The number of aryl methyl sites for hydroxylation is 1. The van der Waals surface area contributed by atoms with Crippen molar-refractivity contribution < 1.29 is 4.42 Å². The van der Waals surface area contributed by atoms with Crippen molar-refractivity contribution in [3.8, 4) is 0 Å². The molecular weight excluding hydrogens is 238 g/mol. The molecule has 0 amide bonds. The maximum atomic E-state index is 6.04. The summed E-state index contributed by atoms with van der Waals surface area (Å²) in [4.78, 5) is 4.44. The number of furan rings is 1. The van der Waals surface area contributed by atoms with Gasteiger partial charge in [0, 0.05) is 22.7 Å². The Labute approximate surface area is 111 Å². The molecule has 0 unspecified atom stereocenters. The fourth-order valence-electron chi connectivity index (χ4n) is 2.23. The van der Waals surface area contributed by atoms with Crippen LogP contribution in [0.3, 0.4) is 0 Å². The molecule has 0 bridgehead atoms. The Bertz CT molecular complexity index is 696. The maximum Gasteiger partial charge on any atom is 0.134 e. The molecule has 3 aromatic rings. The molecule has 0 radical (unpaired) electrons. The van der Waals surface area contributed by atoms with Gasteiger partial charge in [-0.15, -0.1) is 0 Å². The molecule has 3 rings (SSSR count). The molecule has 1 aromatic carbocycles. The molecule has 0 aliphatic carbocycles. The molecule has 0 fully saturated rings. The van der Waals surface area contributed by atoms with Crippen LogP contribution >= 0.6 is 0 Å². The highest BCUT2D eigenvalue weighted by Crippen LogP contribution is 2.28. The number of rotatable bonds is 3. The highest BCUT2D eigenvalue weighted by molar-refractivity contribution is 6.01. The standard InChI is InChI=1S/C15H15N3O/c1-10-8-17-15(18-9-11-4-3-7-19-11)12-5-2-6-13(16)14(10)12/h2-8H,9,16H2,1H3,(H,17,18). The van der Waals surface area contributed by atoms with Gasteiger partial charge in [0.25, 0.3) is 0 Å². The Balaban J connectivity index is 2.00. The van der Waals surface area contributed by atoms with Gasteiger partial charge in [0.1, 0.15) is 11.6 Å². The van der Waals surface area contributed by atoms with Gasteiger partial charge in [0.05, 0.1) is 12.8 Å². The third-order valence-electron chi connectivity index (χ3n) is 3.14. The van der Waals surface area contributed by atoms with Gasteiger partial charge in [-0.2, -0.15) is 0 Å². The Morgan fingerprint density at radius 1 is 1.26 bits per heavy atom. The number of hydrogen-bond donors (Lipinski definition) is 2. The number of nitrogens with two attached hydrogens (primary N) is 1. The van der Waals surface area contributed by atoms with Crippen molar-refractivity contribution in [3.05, 3.63) is 54.1 Å². The van der Waals surface area contributed by atoms with Crippen molar-refractivity contribution >= 4 is 22.3 Å². The van der Waals surface area contributed by atoms with Gasteiger partial charge >= 0.3 is 0 Å². The summed E-state index contributed by atoms with van der Waals surface area (Å²) >= 11 is 0. The number of fused-ring (bicyclic) bond motifs is 1. The van der Waals surface area contributed by atoms with Crippen LogP contribution in [0, 0.1) is 6.92 Å². The summed E-state index contributed by atoms with van der Waals surface area (Å²) in [5.74, 6) is 1.70. The second kappa shape index (κ2) is 4.65. The topological polar surface area (TPSA) is 64.1 Å². The molecule has 0 saturated carbocycles. The summed E-state index contributed by atoms with van der Waals surface area (Å²) in [6.07, 6.45) is 3.50. The van der Waals surface area contributed by atoms with Crippen molar-refractivity contribution in [2.75, 3.05) is 11.1 Å². The van der Waals surface area contributed by atoms with Gasteiger partial charge in [-0.1, -0.05) is 12.1 Å². The minimum absolute atomic E-state index is 0.604. The van der Waals surface area contributed by atoms with E-state index in [1.54, 1.807) is 6.26 Å². The molecule has 4 nitrogen and oxygen atoms in total. The first-order valence-corrected chi connectivity index (χ1v) is 6.16. The van der Waals surface area contributed by atoms with Gasteiger partial charge in [-0.05, 0) is 30.7 Å². The largest absolute Gasteiger partial charge is 0.467 e. The molecule has 2 heterocycles. The molecule has 3 N–H and O–H groups in total. The predicted molar refractivity (Wildman–Crippen MR) is 76.9 cm³/mol. The van der Waals surface area contributed by atoms with Crippen LogP contribution in [0.2, 0.25) is 0 Å². The minimum Gasteiger partial charge on any atom is -0.467 e. The van der Waals surface area contributed by atoms with E-state index in [-0.39, 0.29) is 0 Å². The van der Waals surface area contributed by atoms with Crippen LogP contribution in [0.1, 0.15) is 11.3 Å². The lowest BCUT2D eigenvalue weighted by atomic mass is 10.1. The summed E-state index contributed by atoms with van der Waals surface area (Å²) in [7, 11) is 0. The van der Waals surface area contributed by atoms with Gasteiger partial charge in [0.2, 0.25) is 0 Å². The lowest BCUT2D eigenvalue weighted by molar-refractivity contribution is 0.518. The normalized spacial score (nSPS) is 10.8. The zero-order valence-electron chi connectivity index (χ0n) is 10.7. The summed E-state index contributed by atoms with van der Waals surface area (Å²) in [5.41, 5.74) is 7.90. The van der Waals surface area contributed by atoms with E-state index in [1.165, 1.54) is 0 Å². The number of aromatic nitrogens is 1. The lowest BCUT2D eigenvalue weighted by Gasteiger charge is -2.11. The average molecular weight is 253 g/mol. The number of benzene rings is 1. The second-order valence-electron chi connectivity index (χ2n) is 4.49. The van der Waals surface area contributed by atoms with E-state index < -0.39 is 0 Å². The smallest absolute Gasteiger partial charge is 0.134 e. The van der Waals surface area contributed by atoms with E-state index >= 15 is 0 Å². The average Bonchev–Trinajstić information content (AvgIpc) is 2.91. The molecule has 0 saturated heterocycles. The third kappa shape index (κ3) is 2.12. The van der Waals surface area contributed by atoms with Gasteiger partial charge < -0.3 is 15.5 Å². The zero-order chi connectivity index (χ0) is 13.2. The van der Waals surface area contributed by atoms with E-state index in [4.69, 9.17) is 10.2 Å². The molecule has 2 aromatic heterocycles. The van der Waals surface area contributed by atoms with E-state index in [0.717, 1.165) is 33.6 Å². The van der Waals surface area contributed by atoms with Crippen LogP contribution in [0.15, 0.2) is 47.2 Å². The number of anilines is 2. The monoisotopic (exact) mass is 253 g/mol. The van der Waals surface area contributed by atoms with E-state index in [1.807, 2.05) is 43.5 Å². The number of nitrogen functional groups attached to an aromatic ring is 1. The Kier molecular flexibility index (Phi) is 2.83. The van der Waals surface area contributed by atoms with Crippen LogP contribution in [-0.4, -0.2) is 4.98 Å². The third-order valence-corrected chi connectivity index (χ3v) is 3.14. The van der Waals surface area contributed by atoms with Gasteiger partial charge in [-0.3, -0.25) is 0 Å². The zero-order valence-corrected chi connectivity index (χ0v) is 10.7. The second-order valence-corrected chi connectivity index (χ2v) is 4.49. The van der Waals surface area contributed by atoms with Gasteiger partial charge in [0.15, 0.2) is 0 Å². The molecule has 0 spiro atoms. The number of nitrogens with zero attached hydrogens (tertiary/aromatic N) is 1. The Morgan fingerprint density at radius 3 is 2.95 bits per heavy atom. The van der Waals surface area contributed by atoms with Gasteiger partial charge in [-0.25, -0.2) is 4.98 Å². The van der Waals surface area contributed by atoms with Crippen molar-refractivity contribution in [1.82, 2.24) is 4.98 Å². The number of hydrogen-bond acceptors (Lipinski definition) is 4. The van der Waals surface area contributed by atoms with Crippen molar-refractivity contribution in [2.45, 2.75) is 13.5 Å². The predicted octanol–water partition coefficient (Wildman–Crippen LogP) is 3.33. The lowest BCUT2D eigenvalue weighted by Crippen LogP contribution is -2.02. The van der Waals surface area contributed by atoms with E-state index in [0.29, 0.717) is 6.54 Å². The molecule has 4 heteroatoms. The van der Waals surface area contributed by atoms with Crippen molar-refractivity contribution in [3.63, 3.8) is 0 Å². The first-order valence-electron chi connectivity index (χ1n) is 6.16. The summed E-state index contributed by atoms with van der Waals surface area (Å²) in [5, 5.41) is 5.37. The van der Waals surface area contributed by atoms with E-state index in [2.05, 4.69) is 10.3 Å². The highest BCUT2D eigenvalue weighted by Gasteiger charge is 2.07. The molecular formula is C15H15N3O. The molecule has 0 aliphatic heterocycles. The van der Waals surface area contributed by atoms with E-state index in [9.17, 15) is 0 Å². The Hall–Kier alpha value is -2.49. The fourth-order valence-corrected chi connectivity index (χ4v) is 2.23. The molecule has 96 valence electrons. The molecule has 19 heavy (non-hydrogen) atoms. The van der Waals surface area contributed by atoms with Crippen molar-refractivity contribution in [1.29, 1.82) is 0 Å². The molecule has 0 atom stereocenters. The highest BCUT2D eigenvalue weighted by atomic mass is 16.3. The van der Waals surface area contributed by atoms with Crippen LogP contribution in [-0.2, 0) is 6.54 Å². The summed E-state index contributed by atoms with van der Waals surface area (Å²) in [6, 6.07) is 9.67. The number of nitrogens with one attached hydrogen (secondary N) is 1. The van der Waals surface area contributed by atoms with Crippen LogP contribution in [0.25, 0.3) is 10.8 Å². The summed E-state index contributed by atoms with van der Waals surface area (Å²) < 4.78 is 5.30. The van der Waals surface area contributed by atoms with Crippen LogP contribution < -0.4 is 11.1 Å². The number of pyridine rings is 1. The first kappa shape index (κ1) is 11.6. The van der Waals surface area contributed by atoms with Crippen LogP contribution in [0.5, 0.6) is 0 Å². The SMILES string of the molecule is Cc1cnc(NCc2ccco2)c2cccc(N)c12. The summed E-state index contributed by atoms with van der Waals surface area (Å²) in [6.45, 7) is 2.62. The minimum atomic E-state index is 0.604. The quantitative estimate of drug-likeness (QED) is 0.703. The first-order chi connectivity index (χ1) is 9.25. The Morgan fingerprint density at radius 2 is 2.16 bits per heavy atom.